The molecule has 7 unspecified atom stereocenters. The van der Waals surface area contributed by atoms with Crippen LogP contribution in [0.3, 0.4) is 0 Å². The minimum Gasteiger partial charge on any atom is -0.394 e. The molecule has 0 bridgehead atoms. The fraction of sp³-hybridized carbons (Fsp3) is 0.902. The Morgan fingerprint density at radius 1 is 0.567 bits per heavy atom. The zero-order valence-electron chi connectivity index (χ0n) is 39.0. The number of aliphatic hydroxyl groups excluding tert-OH is 5. The number of aliphatic hydroxyl groups is 5. The Bertz CT molecular complexity index is 992. The Morgan fingerprint density at radius 3 is 1.48 bits per heavy atom. The summed E-state index contributed by atoms with van der Waals surface area (Å²) in [5.41, 5.74) is 0. The Morgan fingerprint density at radius 2 is 1.00 bits per heavy atom. The lowest BCUT2D eigenvalue weighted by atomic mass is 9.99. The normalized spacial score (nSPS) is 20.7. The van der Waals surface area contributed by atoms with Gasteiger partial charge in [0.2, 0.25) is 5.91 Å². The van der Waals surface area contributed by atoms with E-state index in [1.54, 1.807) is 0 Å². The molecule has 0 saturated carbocycles. The van der Waals surface area contributed by atoms with E-state index in [4.69, 9.17) is 9.47 Å². The van der Waals surface area contributed by atoms with Gasteiger partial charge in [-0.15, -0.1) is 0 Å². The number of amides is 1. The van der Waals surface area contributed by atoms with Crippen LogP contribution in [-0.2, 0) is 14.3 Å². The van der Waals surface area contributed by atoms with Crippen LogP contribution in [0.15, 0.2) is 24.3 Å². The first kappa shape index (κ1) is 56.7. The summed E-state index contributed by atoms with van der Waals surface area (Å²) < 4.78 is 11.3. The smallest absolute Gasteiger partial charge is 0.220 e. The van der Waals surface area contributed by atoms with E-state index < -0.39 is 49.5 Å². The molecule has 9 nitrogen and oxygen atoms in total. The van der Waals surface area contributed by atoms with Crippen LogP contribution in [0.2, 0.25) is 0 Å². The molecule has 354 valence electrons. The molecule has 1 fully saturated rings. The van der Waals surface area contributed by atoms with Crippen molar-refractivity contribution >= 4 is 5.91 Å². The number of carbonyl (C=O) groups excluding carboxylic acids is 1. The maximum atomic E-state index is 13.0. The SMILES string of the molecule is CCCC/C=C\C/C=C\CCCCCCCC(=O)NC(COC1OC(CO)C(O)C(O)C1O)C(O)CCCCCCCCCCCCCCCCCCCCCCCCC. The van der Waals surface area contributed by atoms with Crippen molar-refractivity contribution in [3.63, 3.8) is 0 Å². The minimum absolute atomic E-state index is 0.142. The molecule has 7 atom stereocenters. The first-order chi connectivity index (χ1) is 29.3. The third-order valence-electron chi connectivity index (χ3n) is 12.3. The van der Waals surface area contributed by atoms with Crippen molar-refractivity contribution in [2.75, 3.05) is 13.2 Å². The highest BCUT2D eigenvalue weighted by Crippen LogP contribution is 2.23. The van der Waals surface area contributed by atoms with Gasteiger partial charge in [-0.25, -0.2) is 0 Å². The monoisotopic (exact) mass is 852 g/mol. The van der Waals surface area contributed by atoms with E-state index in [0.717, 1.165) is 64.2 Å². The van der Waals surface area contributed by atoms with Gasteiger partial charge in [0.05, 0.1) is 25.4 Å². The van der Waals surface area contributed by atoms with Gasteiger partial charge in [0.1, 0.15) is 24.4 Å². The minimum atomic E-state index is -1.55. The molecule has 0 aromatic carbocycles. The summed E-state index contributed by atoms with van der Waals surface area (Å²) in [5, 5.41) is 54.5. The predicted molar refractivity (Wildman–Crippen MR) is 249 cm³/mol. The zero-order valence-corrected chi connectivity index (χ0v) is 39.0. The van der Waals surface area contributed by atoms with Gasteiger partial charge in [-0.2, -0.15) is 0 Å². The second-order valence-corrected chi connectivity index (χ2v) is 18.0. The molecule has 1 amide bonds. The second kappa shape index (κ2) is 41.7. The molecule has 1 rings (SSSR count). The summed E-state index contributed by atoms with van der Waals surface area (Å²) in [4.78, 5) is 13.0. The number of allylic oxidation sites excluding steroid dienone is 4. The molecule has 6 N–H and O–H groups in total. The van der Waals surface area contributed by atoms with Gasteiger partial charge in [0.25, 0.3) is 0 Å². The van der Waals surface area contributed by atoms with E-state index >= 15 is 0 Å². The average Bonchev–Trinajstić information content (AvgIpc) is 3.25. The Balaban J connectivity index is 2.25. The third-order valence-corrected chi connectivity index (χ3v) is 12.3. The molecule has 0 aromatic rings. The first-order valence-corrected chi connectivity index (χ1v) is 25.5. The van der Waals surface area contributed by atoms with Crippen molar-refractivity contribution in [2.24, 2.45) is 0 Å². The number of unbranched alkanes of at least 4 members (excludes halogenated alkanes) is 29. The lowest BCUT2D eigenvalue weighted by Crippen LogP contribution is -2.60. The van der Waals surface area contributed by atoms with E-state index in [2.05, 4.69) is 43.5 Å². The lowest BCUT2D eigenvalue weighted by molar-refractivity contribution is -0.302. The van der Waals surface area contributed by atoms with E-state index in [1.807, 2.05) is 0 Å². The standard InChI is InChI=1S/C51H97NO8/c1-3-5-7-9-11-13-15-17-19-20-21-22-23-24-25-26-27-28-30-32-34-36-38-40-45(54)44(43-59-51-50(58)49(57)48(56)46(42-53)60-51)52-47(55)41-39-37-35-33-31-29-18-16-14-12-10-8-6-4-2/h10,12,16,18,44-46,48-51,53-54,56-58H,3-9,11,13-15,17,19-43H2,1-2H3,(H,52,55)/b12-10-,18-16-. The average molecular weight is 852 g/mol. The highest BCUT2D eigenvalue weighted by Gasteiger charge is 2.44. The molecule has 60 heavy (non-hydrogen) atoms. The number of hydrogen-bond donors (Lipinski definition) is 6. The summed E-state index contributed by atoms with van der Waals surface area (Å²) >= 11 is 0. The summed E-state index contributed by atoms with van der Waals surface area (Å²) in [5.74, 6) is -0.157. The van der Waals surface area contributed by atoms with Gasteiger partial charge < -0.3 is 40.3 Å². The summed E-state index contributed by atoms with van der Waals surface area (Å²) in [6.07, 6.45) is 43.4. The fourth-order valence-corrected chi connectivity index (χ4v) is 8.18. The van der Waals surface area contributed by atoms with E-state index in [1.165, 1.54) is 148 Å². The third kappa shape index (κ3) is 31.5. The van der Waals surface area contributed by atoms with Gasteiger partial charge in [-0.3, -0.25) is 4.79 Å². The van der Waals surface area contributed by atoms with Gasteiger partial charge in [0.15, 0.2) is 6.29 Å². The van der Waals surface area contributed by atoms with Gasteiger partial charge >= 0.3 is 0 Å². The van der Waals surface area contributed by atoms with E-state index in [9.17, 15) is 30.3 Å². The van der Waals surface area contributed by atoms with Crippen LogP contribution in [0.1, 0.15) is 239 Å². The van der Waals surface area contributed by atoms with Crippen LogP contribution in [0.4, 0.5) is 0 Å². The second-order valence-electron chi connectivity index (χ2n) is 18.0. The molecular weight excluding hydrogens is 755 g/mol. The molecular formula is C51H97NO8. The van der Waals surface area contributed by atoms with Crippen molar-refractivity contribution in [2.45, 2.75) is 281 Å². The van der Waals surface area contributed by atoms with Crippen LogP contribution in [0.5, 0.6) is 0 Å². The van der Waals surface area contributed by atoms with Crippen LogP contribution >= 0.6 is 0 Å². The molecule has 0 spiro atoms. The number of nitrogens with one attached hydrogen (secondary N) is 1. The fourth-order valence-electron chi connectivity index (χ4n) is 8.18. The Hall–Kier alpha value is -1.33. The topological polar surface area (TPSA) is 149 Å². The Labute approximate surface area is 369 Å². The zero-order chi connectivity index (χ0) is 43.7. The highest BCUT2D eigenvalue weighted by molar-refractivity contribution is 5.76. The van der Waals surface area contributed by atoms with Crippen molar-refractivity contribution in [3.8, 4) is 0 Å². The van der Waals surface area contributed by atoms with Crippen molar-refractivity contribution in [3.05, 3.63) is 24.3 Å². The highest BCUT2D eigenvalue weighted by atomic mass is 16.7. The maximum absolute atomic E-state index is 13.0. The summed E-state index contributed by atoms with van der Waals surface area (Å²) in [6, 6.07) is -0.724. The molecule has 1 aliphatic rings. The van der Waals surface area contributed by atoms with Crippen molar-refractivity contribution in [1.82, 2.24) is 5.32 Å². The van der Waals surface area contributed by atoms with Gasteiger partial charge in [-0.1, -0.05) is 218 Å². The Kier molecular flexibility index (Phi) is 39.4. The lowest BCUT2D eigenvalue weighted by Gasteiger charge is -2.40. The summed E-state index contributed by atoms with van der Waals surface area (Å²) in [6.45, 7) is 3.80. The van der Waals surface area contributed by atoms with Crippen molar-refractivity contribution < 1.29 is 39.8 Å². The molecule has 0 aliphatic carbocycles. The number of rotatable bonds is 43. The maximum Gasteiger partial charge on any atom is 0.220 e. The number of ether oxygens (including phenoxy) is 2. The number of carbonyl (C=O) groups is 1. The van der Waals surface area contributed by atoms with Gasteiger partial charge in [0, 0.05) is 6.42 Å². The van der Waals surface area contributed by atoms with Gasteiger partial charge in [-0.05, 0) is 38.5 Å². The molecule has 1 aliphatic heterocycles. The first-order valence-electron chi connectivity index (χ1n) is 25.5. The predicted octanol–water partition coefficient (Wildman–Crippen LogP) is 11.5. The van der Waals surface area contributed by atoms with Crippen LogP contribution in [0.25, 0.3) is 0 Å². The molecule has 9 heteroatoms. The molecule has 0 radical (unpaired) electrons. The largest absolute Gasteiger partial charge is 0.394 e. The van der Waals surface area contributed by atoms with Crippen LogP contribution in [-0.4, -0.2) is 87.5 Å². The van der Waals surface area contributed by atoms with Crippen LogP contribution in [0, 0.1) is 0 Å². The molecule has 0 aromatic heterocycles. The summed E-state index contributed by atoms with van der Waals surface area (Å²) in [7, 11) is 0. The van der Waals surface area contributed by atoms with Crippen molar-refractivity contribution in [1.29, 1.82) is 0 Å². The van der Waals surface area contributed by atoms with E-state index in [-0.39, 0.29) is 12.5 Å². The quantitative estimate of drug-likeness (QED) is 0.0262. The number of hydrogen-bond acceptors (Lipinski definition) is 8. The van der Waals surface area contributed by atoms with E-state index in [0.29, 0.717) is 12.8 Å². The molecule has 1 heterocycles. The van der Waals surface area contributed by atoms with Crippen LogP contribution < -0.4 is 5.32 Å². The molecule has 1 saturated heterocycles.